The Morgan fingerprint density at radius 3 is 2.88 bits per heavy atom. The van der Waals surface area contributed by atoms with Gasteiger partial charge < -0.3 is 5.11 Å². The van der Waals surface area contributed by atoms with E-state index in [1.54, 1.807) is 37.8 Å². The molecular weight excluding hydrogens is 344 g/mol. The number of benzene rings is 1. The Hall–Kier alpha value is -2.71. The molecule has 0 spiro atoms. The van der Waals surface area contributed by atoms with E-state index in [9.17, 15) is 9.90 Å². The molecule has 0 atom stereocenters. The number of hydrogen-bond donors (Lipinski definition) is 1. The lowest BCUT2D eigenvalue weighted by Gasteiger charge is -2.08. The maximum Gasteiger partial charge on any atom is 0.261 e. The van der Waals surface area contributed by atoms with Gasteiger partial charge in [0.25, 0.3) is 5.56 Å². The molecule has 0 unspecified atom stereocenters. The van der Waals surface area contributed by atoms with Crippen molar-refractivity contribution in [2.75, 3.05) is 0 Å². The molecule has 126 valence electrons. The van der Waals surface area contributed by atoms with Crippen molar-refractivity contribution in [3.8, 4) is 5.82 Å². The van der Waals surface area contributed by atoms with Crippen molar-refractivity contribution in [1.29, 1.82) is 0 Å². The molecule has 4 aromatic rings. The van der Waals surface area contributed by atoms with Crippen LogP contribution in [-0.4, -0.2) is 34.1 Å². The van der Waals surface area contributed by atoms with Gasteiger partial charge in [0.2, 0.25) is 0 Å². The second kappa shape index (κ2) is 4.68. The summed E-state index contributed by atoms with van der Waals surface area (Å²) in [4.78, 5) is 17.1. The van der Waals surface area contributed by atoms with Gasteiger partial charge in [0.05, 0.1) is 17.1 Å². The van der Waals surface area contributed by atoms with E-state index in [0.29, 0.717) is 45.9 Å². The van der Waals surface area contributed by atoms with Gasteiger partial charge in [0, 0.05) is 12.1 Å². The number of aromatic nitrogens is 6. The highest BCUT2D eigenvalue weighted by molar-refractivity contribution is 6.31. The quantitative estimate of drug-likeness (QED) is 0.586. The van der Waals surface area contributed by atoms with E-state index in [1.807, 2.05) is 4.40 Å². The van der Waals surface area contributed by atoms with Crippen LogP contribution in [0.15, 0.2) is 35.5 Å². The van der Waals surface area contributed by atoms with E-state index in [2.05, 4.69) is 15.3 Å². The lowest BCUT2D eigenvalue weighted by atomic mass is 10.2. The van der Waals surface area contributed by atoms with Crippen LogP contribution < -0.4 is 5.56 Å². The summed E-state index contributed by atoms with van der Waals surface area (Å²) in [6.45, 7) is 0. The highest BCUT2D eigenvalue weighted by atomic mass is 35.5. The van der Waals surface area contributed by atoms with Crippen LogP contribution in [0, 0.1) is 0 Å². The van der Waals surface area contributed by atoms with Crippen molar-refractivity contribution in [3.63, 3.8) is 0 Å². The highest BCUT2D eigenvalue weighted by Gasteiger charge is 2.45. The van der Waals surface area contributed by atoms with Crippen LogP contribution in [0.4, 0.5) is 0 Å². The molecule has 3 aromatic heterocycles. The van der Waals surface area contributed by atoms with E-state index in [-0.39, 0.29) is 5.56 Å². The monoisotopic (exact) mass is 356 g/mol. The maximum absolute atomic E-state index is 12.7. The Balaban J connectivity index is 1.81. The van der Waals surface area contributed by atoms with E-state index >= 15 is 0 Å². The van der Waals surface area contributed by atoms with Crippen molar-refractivity contribution in [2.45, 2.75) is 18.4 Å². The zero-order chi connectivity index (χ0) is 17.3. The molecular formula is C16H13ClN6O2. The fourth-order valence-corrected chi connectivity index (χ4v) is 3.28. The molecule has 1 N–H and O–H groups in total. The van der Waals surface area contributed by atoms with Crippen LogP contribution in [0.1, 0.15) is 18.5 Å². The van der Waals surface area contributed by atoms with Gasteiger partial charge in [-0.05, 0) is 31.0 Å². The summed E-state index contributed by atoms with van der Waals surface area (Å²) >= 11 is 6.03. The zero-order valence-corrected chi connectivity index (χ0v) is 14.0. The first kappa shape index (κ1) is 14.6. The molecule has 8 nitrogen and oxygen atoms in total. The minimum atomic E-state index is -0.872. The normalized spacial score (nSPS) is 16.0. The summed E-state index contributed by atoms with van der Waals surface area (Å²) in [6.07, 6.45) is 4.65. The molecule has 1 saturated carbocycles. The van der Waals surface area contributed by atoms with Gasteiger partial charge >= 0.3 is 0 Å². The molecule has 25 heavy (non-hydrogen) atoms. The first-order valence-electron chi connectivity index (χ1n) is 7.79. The van der Waals surface area contributed by atoms with Crippen molar-refractivity contribution >= 4 is 28.2 Å². The minimum absolute atomic E-state index is 0.173. The lowest BCUT2D eigenvalue weighted by Crippen LogP contribution is -2.20. The summed E-state index contributed by atoms with van der Waals surface area (Å²) < 4.78 is 4.81. The van der Waals surface area contributed by atoms with Gasteiger partial charge in [-0.3, -0.25) is 13.8 Å². The summed E-state index contributed by atoms with van der Waals surface area (Å²) in [5.41, 5.74) is 0.768. The Bertz CT molecular complexity index is 1220. The Morgan fingerprint density at radius 2 is 2.12 bits per heavy atom. The molecule has 1 aliphatic rings. The molecule has 0 aliphatic heterocycles. The summed E-state index contributed by atoms with van der Waals surface area (Å²) in [5, 5.41) is 19.3. The molecule has 1 fully saturated rings. The van der Waals surface area contributed by atoms with Crippen LogP contribution in [0.25, 0.3) is 22.4 Å². The van der Waals surface area contributed by atoms with Gasteiger partial charge in [-0.25, -0.2) is 4.98 Å². The van der Waals surface area contributed by atoms with E-state index in [4.69, 9.17) is 11.6 Å². The maximum atomic E-state index is 12.7. The van der Waals surface area contributed by atoms with Crippen molar-refractivity contribution in [1.82, 2.24) is 28.9 Å². The number of hydrogen-bond acceptors (Lipinski definition) is 5. The number of aryl methyl sites for hydroxylation is 1. The molecule has 5 rings (SSSR count). The molecule has 9 heteroatoms. The summed E-state index contributed by atoms with van der Waals surface area (Å²) in [5.74, 6) is 0.472. The van der Waals surface area contributed by atoms with E-state index < -0.39 is 5.60 Å². The first-order chi connectivity index (χ1) is 12.0. The minimum Gasteiger partial charge on any atom is -0.383 e. The predicted octanol–water partition coefficient (Wildman–Crippen LogP) is 1.40. The Labute approximate surface area is 145 Å². The average Bonchev–Trinajstić information content (AvgIpc) is 3.04. The number of fused-ring (bicyclic) bond motifs is 3. The third-order valence-corrected chi connectivity index (χ3v) is 4.94. The number of nitrogens with zero attached hydrogens (tertiary/aromatic N) is 6. The SMILES string of the molecule is Cn1c(=O)c2cc(Cl)ccc2n2cnc(-n3cc(C4(O)CC4)nn3)c12. The molecule has 3 heterocycles. The summed E-state index contributed by atoms with van der Waals surface area (Å²) in [6, 6.07) is 5.17. The van der Waals surface area contributed by atoms with Crippen molar-refractivity contribution < 1.29 is 5.11 Å². The standard InChI is InChI=1S/C16H13ClN6O2/c1-21-14-13(23-7-12(19-20-23)16(25)4-5-16)18-8-22(14)11-3-2-9(17)6-10(11)15(21)24/h2-3,6-8,25H,4-5H2,1H3. The van der Waals surface area contributed by atoms with Crippen LogP contribution in [-0.2, 0) is 12.6 Å². The van der Waals surface area contributed by atoms with Gasteiger partial charge in [-0.1, -0.05) is 16.8 Å². The van der Waals surface area contributed by atoms with Gasteiger partial charge in [-0.2, -0.15) is 4.68 Å². The number of aliphatic hydroxyl groups is 1. The Kier molecular flexibility index (Phi) is 2.73. The Morgan fingerprint density at radius 1 is 1.32 bits per heavy atom. The summed E-state index contributed by atoms with van der Waals surface area (Å²) in [7, 11) is 1.68. The molecule has 1 aromatic carbocycles. The molecule has 0 bridgehead atoms. The fraction of sp³-hybridized carbons (Fsp3) is 0.250. The smallest absolute Gasteiger partial charge is 0.261 e. The molecule has 0 amide bonds. The third-order valence-electron chi connectivity index (χ3n) is 4.71. The zero-order valence-electron chi connectivity index (χ0n) is 13.2. The van der Waals surface area contributed by atoms with E-state index in [1.165, 1.54) is 9.25 Å². The predicted molar refractivity (Wildman–Crippen MR) is 91.0 cm³/mol. The largest absolute Gasteiger partial charge is 0.383 e. The average molecular weight is 357 g/mol. The highest BCUT2D eigenvalue weighted by Crippen LogP contribution is 2.44. The van der Waals surface area contributed by atoms with Gasteiger partial charge in [0.1, 0.15) is 17.6 Å². The molecule has 0 saturated heterocycles. The van der Waals surface area contributed by atoms with Gasteiger partial charge in [0.15, 0.2) is 11.5 Å². The second-order valence-electron chi connectivity index (χ2n) is 6.37. The van der Waals surface area contributed by atoms with Crippen molar-refractivity contribution in [2.24, 2.45) is 7.05 Å². The van der Waals surface area contributed by atoms with Gasteiger partial charge in [-0.15, -0.1) is 5.10 Å². The number of imidazole rings is 1. The van der Waals surface area contributed by atoms with E-state index in [0.717, 1.165) is 0 Å². The van der Waals surface area contributed by atoms with Crippen LogP contribution in [0.3, 0.4) is 0 Å². The topological polar surface area (TPSA) is 90.2 Å². The van der Waals surface area contributed by atoms with Crippen LogP contribution >= 0.6 is 11.6 Å². The molecule has 1 aliphatic carbocycles. The van der Waals surface area contributed by atoms with Crippen LogP contribution in [0.5, 0.6) is 0 Å². The fourth-order valence-electron chi connectivity index (χ4n) is 3.10. The molecule has 0 radical (unpaired) electrons. The van der Waals surface area contributed by atoms with Crippen molar-refractivity contribution in [3.05, 3.63) is 51.8 Å². The van der Waals surface area contributed by atoms with Crippen LogP contribution in [0.2, 0.25) is 5.02 Å². The lowest BCUT2D eigenvalue weighted by molar-refractivity contribution is 0.146. The first-order valence-corrected chi connectivity index (χ1v) is 8.17. The number of rotatable bonds is 2. The second-order valence-corrected chi connectivity index (χ2v) is 6.80. The third kappa shape index (κ3) is 1.98. The number of halogens is 1.